The predicted molar refractivity (Wildman–Crippen MR) is 135 cm³/mol. The first-order valence-electron chi connectivity index (χ1n) is 11.2. The highest BCUT2D eigenvalue weighted by Gasteiger charge is 2.12. The van der Waals surface area contributed by atoms with Gasteiger partial charge in [0.1, 0.15) is 5.75 Å². The van der Waals surface area contributed by atoms with Crippen molar-refractivity contribution in [3.8, 4) is 39.8 Å². The molecular formula is C26H24N8O. The van der Waals surface area contributed by atoms with Crippen LogP contribution < -0.4 is 15.8 Å². The van der Waals surface area contributed by atoms with Crippen molar-refractivity contribution < 1.29 is 4.74 Å². The van der Waals surface area contributed by atoms with Crippen LogP contribution in [0.1, 0.15) is 12.5 Å². The van der Waals surface area contributed by atoms with Gasteiger partial charge in [-0.1, -0.05) is 24.3 Å². The number of hydrogen-bond donors (Lipinski definition) is 3. The molecule has 2 aromatic carbocycles. The Morgan fingerprint density at radius 3 is 2.69 bits per heavy atom. The summed E-state index contributed by atoms with van der Waals surface area (Å²) >= 11 is 0. The van der Waals surface area contributed by atoms with Gasteiger partial charge in [-0.2, -0.15) is 5.10 Å². The number of nitrogens with one attached hydrogen (secondary N) is 2. The fourth-order valence-corrected chi connectivity index (χ4v) is 3.64. The van der Waals surface area contributed by atoms with Crippen molar-refractivity contribution in [1.82, 2.24) is 30.1 Å². The predicted octanol–water partition coefficient (Wildman–Crippen LogP) is 4.59. The first kappa shape index (κ1) is 22.2. The largest absolute Gasteiger partial charge is 0.494 e. The van der Waals surface area contributed by atoms with Crippen LogP contribution in [-0.2, 0) is 6.54 Å². The van der Waals surface area contributed by atoms with Gasteiger partial charge in [0.15, 0.2) is 11.6 Å². The Morgan fingerprint density at radius 2 is 1.86 bits per heavy atom. The van der Waals surface area contributed by atoms with E-state index in [1.54, 1.807) is 18.6 Å². The van der Waals surface area contributed by atoms with Crippen LogP contribution in [0, 0.1) is 0 Å². The number of anilines is 2. The van der Waals surface area contributed by atoms with Crippen molar-refractivity contribution in [2.24, 2.45) is 5.73 Å². The standard InChI is InChI=1S/C26H24N8O/c1-2-35-21-7-3-5-17(13-21)24-32-25(34-33-24)18-8-9-19(15-27)23(14-18)31-26-29-12-10-22(30-26)20-6-4-11-28-16-20/h3-14,16H,2,15,27H2,1H3,(H,29,30,31)(H,32,33,34). The molecule has 5 aromatic rings. The number of pyridine rings is 1. The van der Waals surface area contributed by atoms with Gasteiger partial charge in [-0.15, -0.1) is 0 Å². The molecule has 0 saturated carbocycles. The van der Waals surface area contributed by atoms with Crippen molar-refractivity contribution in [2.75, 3.05) is 11.9 Å². The van der Waals surface area contributed by atoms with Crippen LogP contribution in [0.4, 0.5) is 11.6 Å². The first-order valence-corrected chi connectivity index (χ1v) is 11.2. The van der Waals surface area contributed by atoms with Crippen molar-refractivity contribution in [3.63, 3.8) is 0 Å². The van der Waals surface area contributed by atoms with Crippen molar-refractivity contribution in [1.29, 1.82) is 0 Å². The van der Waals surface area contributed by atoms with E-state index in [9.17, 15) is 0 Å². The summed E-state index contributed by atoms with van der Waals surface area (Å²) in [4.78, 5) is 17.9. The summed E-state index contributed by atoms with van der Waals surface area (Å²) in [6, 6.07) is 19.3. The van der Waals surface area contributed by atoms with E-state index in [0.717, 1.165) is 39.4 Å². The van der Waals surface area contributed by atoms with Gasteiger partial charge in [0.05, 0.1) is 12.3 Å². The highest BCUT2D eigenvalue weighted by molar-refractivity contribution is 5.70. The lowest BCUT2D eigenvalue weighted by Crippen LogP contribution is -2.05. The minimum absolute atomic E-state index is 0.358. The second-order valence-electron chi connectivity index (χ2n) is 7.68. The van der Waals surface area contributed by atoms with Gasteiger partial charge < -0.3 is 15.8 Å². The summed E-state index contributed by atoms with van der Waals surface area (Å²) in [7, 11) is 0. The van der Waals surface area contributed by atoms with Crippen molar-refractivity contribution in [2.45, 2.75) is 13.5 Å². The average molecular weight is 465 g/mol. The number of nitrogens with two attached hydrogens (primary N) is 1. The summed E-state index contributed by atoms with van der Waals surface area (Å²) < 4.78 is 5.59. The molecule has 0 amide bonds. The maximum Gasteiger partial charge on any atom is 0.227 e. The van der Waals surface area contributed by atoms with E-state index in [-0.39, 0.29) is 0 Å². The Bertz CT molecular complexity index is 1430. The van der Waals surface area contributed by atoms with Crippen LogP contribution in [0.2, 0.25) is 0 Å². The molecule has 4 N–H and O–H groups in total. The molecule has 0 bridgehead atoms. The highest BCUT2D eigenvalue weighted by atomic mass is 16.5. The van der Waals surface area contributed by atoms with Gasteiger partial charge in [-0.25, -0.2) is 15.0 Å². The van der Waals surface area contributed by atoms with Crippen molar-refractivity contribution in [3.05, 3.63) is 84.8 Å². The molecule has 0 aliphatic heterocycles. The van der Waals surface area contributed by atoms with Crippen LogP contribution in [0.5, 0.6) is 5.75 Å². The normalized spacial score (nSPS) is 10.8. The first-order chi connectivity index (χ1) is 17.2. The third-order valence-corrected chi connectivity index (χ3v) is 5.35. The van der Waals surface area contributed by atoms with Crippen LogP contribution in [0.15, 0.2) is 79.3 Å². The molecule has 3 heterocycles. The van der Waals surface area contributed by atoms with Gasteiger partial charge in [0, 0.05) is 47.5 Å². The van der Waals surface area contributed by atoms with E-state index in [1.807, 2.05) is 67.6 Å². The molecule has 9 heteroatoms. The minimum atomic E-state index is 0.358. The summed E-state index contributed by atoms with van der Waals surface area (Å²) in [5, 5.41) is 10.7. The summed E-state index contributed by atoms with van der Waals surface area (Å²) in [6.07, 6.45) is 5.21. The lowest BCUT2D eigenvalue weighted by molar-refractivity contribution is 0.340. The molecule has 5 rings (SSSR count). The number of hydrogen-bond acceptors (Lipinski definition) is 8. The van der Waals surface area contributed by atoms with Gasteiger partial charge >= 0.3 is 0 Å². The fraction of sp³-hybridized carbons (Fsp3) is 0.115. The number of aromatic amines is 1. The second kappa shape index (κ2) is 10.1. The Kier molecular flexibility index (Phi) is 6.40. The summed E-state index contributed by atoms with van der Waals surface area (Å²) in [6.45, 7) is 2.91. The molecule has 0 saturated heterocycles. The number of rotatable bonds is 8. The number of aromatic nitrogens is 6. The smallest absolute Gasteiger partial charge is 0.227 e. The summed E-state index contributed by atoms with van der Waals surface area (Å²) in [5.74, 6) is 2.47. The molecule has 3 aromatic heterocycles. The van der Waals surface area contributed by atoms with E-state index >= 15 is 0 Å². The number of nitrogens with zero attached hydrogens (tertiary/aromatic N) is 5. The van der Waals surface area contributed by atoms with E-state index in [1.165, 1.54) is 0 Å². The van der Waals surface area contributed by atoms with Crippen LogP contribution in [-0.4, -0.2) is 36.7 Å². The second-order valence-corrected chi connectivity index (χ2v) is 7.68. The molecule has 0 atom stereocenters. The maximum atomic E-state index is 6.00. The fourth-order valence-electron chi connectivity index (χ4n) is 3.64. The van der Waals surface area contributed by atoms with E-state index in [2.05, 4.69) is 35.5 Å². The zero-order valence-electron chi connectivity index (χ0n) is 19.1. The average Bonchev–Trinajstić information content (AvgIpc) is 3.40. The molecular weight excluding hydrogens is 440 g/mol. The van der Waals surface area contributed by atoms with E-state index in [0.29, 0.717) is 30.7 Å². The molecule has 0 unspecified atom stereocenters. The van der Waals surface area contributed by atoms with Gasteiger partial charge in [0.25, 0.3) is 0 Å². The molecule has 0 spiro atoms. The van der Waals surface area contributed by atoms with E-state index < -0.39 is 0 Å². The number of ether oxygens (including phenoxy) is 1. The minimum Gasteiger partial charge on any atom is -0.494 e. The Hall–Kier alpha value is -4.63. The zero-order valence-corrected chi connectivity index (χ0v) is 19.1. The molecule has 0 aliphatic carbocycles. The van der Waals surface area contributed by atoms with E-state index in [4.69, 9.17) is 10.5 Å². The molecule has 0 radical (unpaired) electrons. The third kappa shape index (κ3) is 4.99. The van der Waals surface area contributed by atoms with Crippen molar-refractivity contribution >= 4 is 11.6 Å². The lowest BCUT2D eigenvalue weighted by Gasteiger charge is -2.12. The van der Waals surface area contributed by atoms with Gasteiger partial charge in [0.2, 0.25) is 5.95 Å². The van der Waals surface area contributed by atoms with Gasteiger partial charge in [-0.05, 0) is 48.9 Å². The molecule has 174 valence electrons. The molecule has 0 fully saturated rings. The molecule has 35 heavy (non-hydrogen) atoms. The quantitative estimate of drug-likeness (QED) is 0.304. The monoisotopic (exact) mass is 464 g/mol. The SMILES string of the molecule is CCOc1cccc(-c2n[nH]c(-c3ccc(CN)c(Nc4nccc(-c5cccnc5)n4)c3)n2)c1. The third-order valence-electron chi connectivity index (χ3n) is 5.35. The van der Waals surface area contributed by atoms with Crippen LogP contribution in [0.25, 0.3) is 34.0 Å². The number of benzene rings is 2. The topological polar surface area (TPSA) is 128 Å². The Balaban J connectivity index is 1.43. The zero-order chi connectivity index (χ0) is 24.0. The van der Waals surface area contributed by atoms with Gasteiger partial charge in [-0.3, -0.25) is 10.1 Å². The number of H-pyrrole nitrogens is 1. The van der Waals surface area contributed by atoms with Crippen LogP contribution in [0.3, 0.4) is 0 Å². The lowest BCUT2D eigenvalue weighted by atomic mass is 10.1. The molecule has 9 nitrogen and oxygen atoms in total. The molecule has 0 aliphatic rings. The Morgan fingerprint density at radius 1 is 0.943 bits per heavy atom. The van der Waals surface area contributed by atoms with Crippen LogP contribution >= 0.6 is 0 Å². The summed E-state index contributed by atoms with van der Waals surface area (Å²) in [5.41, 5.74) is 11.1. The maximum absolute atomic E-state index is 6.00. The highest BCUT2D eigenvalue weighted by Crippen LogP contribution is 2.28. The Labute approximate surface area is 202 Å².